The zero-order chi connectivity index (χ0) is 28.3. The second-order valence-corrected chi connectivity index (χ2v) is 11.9. The van der Waals surface area contributed by atoms with Crippen molar-refractivity contribution in [3.63, 3.8) is 0 Å². The molecule has 0 saturated carbocycles. The van der Waals surface area contributed by atoms with Crippen molar-refractivity contribution in [2.24, 2.45) is 0 Å². The number of para-hydroxylation sites is 1. The van der Waals surface area contributed by atoms with E-state index in [-0.39, 0.29) is 16.7 Å². The van der Waals surface area contributed by atoms with Crippen LogP contribution in [0.25, 0.3) is 0 Å². The number of sulfonamides is 1. The van der Waals surface area contributed by atoms with Gasteiger partial charge in [0.2, 0.25) is 10.0 Å². The number of nitrogens with one attached hydrogen (secondary N) is 2. The second kappa shape index (κ2) is 11.3. The smallest absolute Gasteiger partial charge is 0.257 e. The Morgan fingerprint density at radius 2 is 1.55 bits per heavy atom. The van der Waals surface area contributed by atoms with Crippen LogP contribution in [0.2, 0.25) is 0 Å². The zero-order valence-corrected chi connectivity index (χ0v) is 23.1. The highest BCUT2D eigenvalue weighted by Crippen LogP contribution is 2.39. The van der Waals surface area contributed by atoms with Crippen LogP contribution in [0.5, 0.6) is 0 Å². The van der Waals surface area contributed by atoms with Crippen LogP contribution in [0.3, 0.4) is 0 Å². The Morgan fingerprint density at radius 3 is 2.27 bits per heavy atom. The van der Waals surface area contributed by atoms with Gasteiger partial charge in [-0.15, -0.1) is 0 Å². The van der Waals surface area contributed by atoms with E-state index in [1.807, 2.05) is 54.6 Å². The number of hydrogen-bond donors (Lipinski definition) is 2. The van der Waals surface area contributed by atoms with Gasteiger partial charge in [0.25, 0.3) is 11.8 Å². The molecule has 0 spiro atoms. The number of hydrogen-bond acceptors (Lipinski definition) is 5. The normalized spacial score (nSPS) is 12.8. The number of nitrogens with zero attached hydrogens (tertiary/aromatic N) is 2. The minimum atomic E-state index is -3.49. The van der Waals surface area contributed by atoms with Crippen LogP contribution in [0.4, 0.5) is 17.1 Å². The highest BCUT2D eigenvalue weighted by Gasteiger charge is 2.26. The first-order valence-corrected chi connectivity index (χ1v) is 14.3. The van der Waals surface area contributed by atoms with Crippen LogP contribution in [0, 0.1) is 0 Å². The van der Waals surface area contributed by atoms with Gasteiger partial charge in [-0.25, -0.2) is 12.7 Å². The summed E-state index contributed by atoms with van der Waals surface area (Å²) >= 11 is 0. The van der Waals surface area contributed by atoms with E-state index in [2.05, 4.69) is 15.5 Å². The average molecular weight is 555 g/mol. The van der Waals surface area contributed by atoms with Crippen LogP contribution < -0.4 is 15.5 Å². The predicted molar refractivity (Wildman–Crippen MR) is 156 cm³/mol. The third-order valence-electron chi connectivity index (χ3n) is 6.82. The number of rotatable bonds is 8. The molecule has 0 aliphatic carbocycles. The molecule has 40 heavy (non-hydrogen) atoms. The molecule has 2 N–H and O–H groups in total. The third kappa shape index (κ3) is 5.61. The molecular weight excluding hydrogens is 524 g/mol. The van der Waals surface area contributed by atoms with Gasteiger partial charge in [-0.1, -0.05) is 54.6 Å². The molecule has 0 atom stereocenters. The monoisotopic (exact) mass is 554 g/mol. The van der Waals surface area contributed by atoms with Gasteiger partial charge in [-0.2, -0.15) is 0 Å². The SMILES string of the molecule is CN(C)S(=O)(=O)c1ccc(CCNC(=O)c2ccc3c(c2)NC(=O)c2ccccc2N3Cc2ccccc2)cc1. The molecule has 0 radical (unpaired) electrons. The van der Waals surface area contributed by atoms with Crippen LogP contribution in [0.1, 0.15) is 31.8 Å². The van der Waals surface area contributed by atoms with Gasteiger partial charge in [-0.3, -0.25) is 9.59 Å². The van der Waals surface area contributed by atoms with E-state index in [1.165, 1.54) is 18.4 Å². The first-order chi connectivity index (χ1) is 19.2. The largest absolute Gasteiger partial charge is 0.352 e. The Kier molecular flexibility index (Phi) is 7.68. The summed E-state index contributed by atoms with van der Waals surface area (Å²) < 4.78 is 25.7. The summed E-state index contributed by atoms with van der Waals surface area (Å²) in [7, 11) is -0.502. The number of carbonyl (C=O) groups is 2. The molecule has 204 valence electrons. The van der Waals surface area contributed by atoms with E-state index < -0.39 is 10.0 Å². The van der Waals surface area contributed by atoms with E-state index in [0.717, 1.165) is 22.5 Å². The second-order valence-electron chi connectivity index (χ2n) is 9.71. The number of amides is 2. The van der Waals surface area contributed by atoms with Crippen LogP contribution in [-0.4, -0.2) is 45.2 Å². The highest BCUT2D eigenvalue weighted by molar-refractivity contribution is 7.89. The van der Waals surface area contributed by atoms with Gasteiger partial charge in [0.1, 0.15) is 0 Å². The lowest BCUT2D eigenvalue weighted by atomic mass is 10.1. The molecule has 0 saturated heterocycles. The lowest BCUT2D eigenvalue weighted by Gasteiger charge is -2.26. The van der Waals surface area contributed by atoms with Gasteiger partial charge in [0.05, 0.1) is 27.5 Å². The van der Waals surface area contributed by atoms with Crippen molar-refractivity contribution in [3.8, 4) is 0 Å². The molecule has 1 aliphatic rings. The van der Waals surface area contributed by atoms with E-state index in [9.17, 15) is 18.0 Å². The summed E-state index contributed by atoms with van der Waals surface area (Å²) in [6, 6.07) is 29.4. The summed E-state index contributed by atoms with van der Waals surface area (Å²) in [5.41, 5.74) is 5.13. The summed E-state index contributed by atoms with van der Waals surface area (Å²) in [6.07, 6.45) is 0.538. The molecular formula is C31H30N4O4S. The van der Waals surface area contributed by atoms with E-state index in [4.69, 9.17) is 0 Å². The molecule has 5 rings (SSSR count). The molecule has 1 heterocycles. The van der Waals surface area contributed by atoms with E-state index in [1.54, 1.807) is 42.5 Å². The van der Waals surface area contributed by atoms with Crippen molar-refractivity contribution in [3.05, 3.63) is 119 Å². The van der Waals surface area contributed by atoms with Gasteiger partial charge < -0.3 is 15.5 Å². The minimum absolute atomic E-state index is 0.223. The number of benzene rings is 4. The van der Waals surface area contributed by atoms with Crippen LogP contribution >= 0.6 is 0 Å². The highest BCUT2D eigenvalue weighted by atomic mass is 32.2. The number of anilines is 3. The Bertz CT molecular complexity index is 1650. The first kappa shape index (κ1) is 27.1. The Hall–Kier alpha value is -4.47. The van der Waals surface area contributed by atoms with Crippen LogP contribution in [0.15, 0.2) is 102 Å². The van der Waals surface area contributed by atoms with Crippen molar-refractivity contribution in [1.82, 2.24) is 9.62 Å². The fraction of sp³-hybridized carbons (Fsp3) is 0.161. The summed E-state index contributed by atoms with van der Waals surface area (Å²) in [6.45, 7) is 0.924. The minimum Gasteiger partial charge on any atom is -0.352 e. The third-order valence-corrected chi connectivity index (χ3v) is 8.65. The standard InChI is InChI=1S/C31H30N4O4S/c1-34(2)40(38,39)25-15-12-22(13-16-25)18-19-32-30(36)24-14-17-29-27(20-24)33-31(37)26-10-6-7-11-28(26)35(29)21-23-8-4-3-5-9-23/h3-17,20H,18-19,21H2,1-2H3,(H,32,36)(H,33,37). The molecule has 4 aromatic rings. The molecule has 0 aromatic heterocycles. The maximum absolute atomic E-state index is 13.1. The van der Waals surface area contributed by atoms with E-state index in [0.29, 0.717) is 36.3 Å². The maximum atomic E-state index is 13.1. The van der Waals surface area contributed by atoms with Crippen LogP contribution in [-0.2, 0) is 23.0 Å². The van der Waals surface area contributed by atoms with Crippen molar-refractivity contribution >= 4 is 38.9 Å². The lowest BCUT2D eigenvalue weighted by molar-refractivity contribution is 0.0952. The Morgan fingerprint density at radius 1 is 0.850 bits per heavy atom. The fourth-order valence-electron chi connectivity index (χ4n) is 4.63. The predicted octanol–water partition coefficient (Wildman–Crippen LogP) is 4.81. The summed E-state index contributed by atoms with van der Waals surface area (Å²) in [5.74, 6) is -0.495. The number of carbonyl (C=O) groups excluding carboxylic acids is 2. The Balaban J connectivity index is 1.32. The maximum Gasteiger partial charge on any atom is 0.257 e. The van der Waals surface area contributed by atoms with Gasteiger partial charge in [0.15, 0.2) is 0 Å². The Labute approximate surface area is 234 Å². The van der Waals surface area contributed by atoms with Gasteiger partial charge >= 0.3 is 0 Å². The van der Waals surface area contributed by atoms with Crippen molar-refractivity contribution < 1.29 is 18.0 Å². The van der Waals surface area contributed by atoms with Crippen molar-refractivity contribution in [2.75, 3.05) is 30.9 Å². The lowest BCUT2D eigenvalue weighted by Crippen LogP contribution is -2.26. The fourth-order valence-corrected chi connectivity index (χ4v) is 5.53. The van der Waals surface area contributed by atoms with Gasteiger partial charge in [-0.05, 0) is 60.0 Å². The molecule has 1 aliphatic heterocycles. The molecule has 8 nitrogen and oxygen atoms in total. The van der Waals surface area contributed by atoms with Gasteiger partial charge in [0, 0.05) is 32.7 Å². The quantitative estimate of drug-likeness (QED) is 0.326. The molecule has 0 fully saturated rings. The molecule has 0 unspecified atom stereocenters. The molecule has 4 aromatic carbocycles. The number of fused-ring (bicyclic) bond motifs is 2. The van der Waals surface area contributed by atoms with E-state index >= 15 is 0 Å². The summed E-state index contributed by atoms with van der Waals surface area (Å²) in [5, 5.41) is 5.90. The molecule has 2 amide bonds. The van der Waals surface area contributed by atoms with Crippen molar-refractivity contribution in [1.29, 1.82) is 0 Å². The topological polar surface area (TPSA) is 98.8 Å². The summed E-state index contributed by atoms with van der Waals surface area (Å²) in [4.78, 5) is 28.4. The molecule has 0 bridgehead atoms. The average Bonchev–Trinajstić information content (AvgIpc) is 3.07. The van der Waals surface area contributed by atoms with Crippen molar-refractivity contribution in [2.45, 2.75) is 17.9 Å². The molecule has 9 heteroatoms. The zero-order valence-electron chi connectivity index (χ0n) is 22.3. The first-order valence-electron chi connectivity index (χ1n) is 12.9.